The van der Waals surface area contributed by atoms with Gasteiger partial charge in [-0.25, -0.2) is 0 Å². The van der Waals surface area contributed by atoms with E-state index in [0.29, 0.717) is 0 Å². The minimum atomic E-state index is 0.250. The first-order valence-corrected chi connectivity index (χ1v) is 3.65. The molecule has 0 aromatic heterocycles. The summed E-state index contributed by atoms with van der Waals surface area (Å²) in [4.78, 5) is 0. The van der Waals surface area contributed by atoms with Crippen LogP contribution in [0.2, 0.25) is 0 Å². The highest BCUT2D eigenvalue weighted by molar-refractivity contribution is 9.09. The third kappa shape index (κ3) is 0.970. The third-order valence-corrected chi connectivity index (χ3v) is 2.46. The van der Waals surface area contributed by atoms with Gasteiger partial charge in [-0.3, -0.25) is 0 Å². The number of hydrogen-bond donors (Lipinski definition) is 0. The Bertz CT molecular complexity index is 62.5. The summed E-state index contributed by atoms with van der Waals surface area (Å²) >= 11 is 3.37. The van der Waals surface area contributed by atoms with Crippen LogP contribution in [0.3, 0.4) is 0 Å². The quantitative estimate of drug-likeness (QED) is 0.446. The maximum Gasteiger partial charge on any atom is 0.101 e. The van der Waals surface area contributed by atoms with Gasteiger partial charge < -0.3 is 4.74 Å². The molecule has 2 heteroatoms. The lowest BCUT2D eigenvalue weighted by Crippen LogP contribution is -2.09. The van der Waals surface area contributed by atoms with Crippen LogP contribution in [-0.4, -0.2) is 17.5 Å². The molecule has 7 heavy (non-hydrogen) atoms. The average molecular weight is 165 g/mol. The van der Waals surface area contributed by atoms with Gasteiger partial charge in [-0.15, -0.1) is 0 Å². The molecular weight excluding hydrogens is 156 g/mol. The molecule has 0 bridgehead atoms. The monoisotopic (exact) mass is 164 g/mol. The van der Waals surface area contributed by atoms with Gasteiger partial charge in [0.25, 0.3) is 0 Å². The Morgan fingerprint density at radius 1 is 1.86 bits per heavy atom. The Kier molecular flexibility index (Phi) is 1.39. The zero-order valence-corrected chi connectivity index (χ0v) is 5.99. The van der Waals surface area contributed by atoms with Crippen LogP contribution in [0, 0.1) is 0 Å². The summed E-state index contributed by atoms with van der Waals surface area (Å²) in [5, 5.41) is 0.997. The predicted octanol–water partition coefficient (Wildman–Crippen LogP) is 1.56. The van der Waals surface area contributed by atoms with Crippen molar-refractivity contribution in [2.75, 3.05) is 11.9 Å². The molecule has 0 N–H and O–H groups in total. The van der Waals surface area contributed by atoms with Crippen molar-refractivity contribution in [3.8, 4) is 0 Å². The van der Waals surface area contributed by atoms with Crippen LogP contribution in [0.5, 0.6) is 0 Å². The summed E-state index contributed by atoms with van der Waals surface area (Å²) in [6, 6.07) is 0. The van der Waals surface area contributed by atoms with Crippen LogP contribution < -0.4 is 0 Å². The van der Waals surface area contributed by atoms with Gasteiger partial charge in [0.15, 0.2) is 0 Å². The van der Waals surface area contributed by atoms with Crippen molar-refractivity contribution in [2.24, 2.45) is 0 Å². The van der Waals surface area contributed by atoms with Crippen molar-refractivity contribution < 1.29 is 4.74 Å². The van der Waals surface area contributed by atoms with Gasteiger partial charge in [-0.2, -0.15) is 0 Å². The van der Waals surface area contributed by atoms with Crippen LogP contribution in [0.15, 0.2) is 0 Å². The van der Waals surface area contributed by atoms with Crippen molar-refractivity contribution in [3.05, 3.63) is 0 Å². The van der Waals surface area contributed by atoms with E-state index >= 15 is 0 Å². The highest BCUT2D eigenvalue weighted by Gasteiger charge is 2.41. The molecule has 1 rings (SSSR count). The van der Waals surface area contributed by atoms with E-state index in [-0.39, 0.29) is 5.60 Å². The molecule has 0 spiro atoms. The second-order valence-corrected chi connectivity index (χ2v) is 2.52. The van der Waals surface area contributed by atoms with Crippen LogP contribution in [0.25, 0.3) is 0 Å². The first-order valence-electron chi connectivity index (χ1n) is 2.53. The van der Waals surface area contributed by atoms with Crippen molar-refractivity contribution in [2.45, 2.75) is 18.9 Å². The van der Waals surface area contributed by atoms with E-state index < -0.39 is 0 Å². The normalized spacial score (nSPS) is 38.6. The smallest absolute Gasteiger partial charge is 0.101 e. The van der Waals surface area contributed by atoms with E-state index in [1.165, 1.54) is 0 Å². The maximum absolute atomic E-state index is 5.15. The maximum atomic E-state index is 5.15. The van der Waals surface area contributed by atoms with E-state index in [2.05, 4.69) is 22.9 Å². The van der Waals surface area contributed by atoms with E-state index in [1.54, 1.807) is 0 Å². The number of ether oxygens (including phenoxy) is 1. The molecule has 1 saturated heterocycles. The second kappa shape index (κ2) is 1.75. The number of rotatable bonds is 2. The standard InChI is InChI=1S/C5H9BrO/c1-2-5(3-6)4-7-5/h2-4H2,1H3. The Morgan fingerprint density at radius 2 is 2.43 bits per heavy atom. The van der Waals surface area contributed by atoms with Crippen LogP contribution in [0.1, 0.15) is 13.3 Å². The van der Waals surface area contributed by atoms with Gasteiger partial charge in [0, 0.05) is 5.33 Å². The molecule has 42 valence electrons. The number of alkyl halides is 1. The van der Waals surface area contributed by atoms with Gasteiger partial charge in [-0.1, -0.05) is 22.9 Å². The lowest BCUT2D eigenvalue weighted by Gasteiger charge is -1.98. The molecule has 0 saturated carbocycles. The van der Waals surface area contributed by atoms with Crippen molar-refractivity contribution in [3.63, 3.8) is 0 Å². The van der Waals surface area contributed by atoms with E-state index in [0.717, 1.165) is 18.4 Å². The van der Waals surface area contributed by atoms with E-state index in [9.17, 15) is 0 Å². The lowest BCUT2D eigenvalue weighted by atomic mass is 10.1. The molecule has 1 heterocycles. The summed E-state index contributed by atoms with van der Waals surface area (Å²) in [7, 11) is 0. The second-order valence-electron chi connectivity index (χ2n) is 1.96. The van der Waals surface area contributed by atoms with Crippen LogP contribution >= 0.6 is 15.9 Å². The van der Waals surface area contributed by atoms with Gasteiger partial charge in [0.05, 0.1) is 6.61 Å². The van der Waals surface area contributed by atoms with Gasteiger partial charge in [0.1, 0.15) is 5.60 Å². The predicted molar refractivity (Wildman–Crippen MR) is 32.8 cm³/mol. The molecule has 0 aromatic carbocycles. The van der Waals surface area contributed by atoms with E-state index in [1.807, 2.05) is 0 Å². The van der Waals surface area contributed by atoms with Gasteiger partial charge >= 0.3 is 0 Å². The summed E-state index contributed by atoms with van der Waals surface area (Å²) in [6.45, 7) is 3.10. The largest absolute Gasteiger partial charge is 0.369 e. The molecule has 0 aliphatic carbocycles. The highest BCUT2D eigenvalue weighted by Crippen LogP contribution is 2.31. The molecule has 1 fully saturated rings. The molecular formula is C5H9BrO. The summed E-state index contributed by atoms with van der Waals surface area (Å²) in [6.07, 6.45) is 1.14. The Morgan fingerprint density at radius 3 is 2.43 bits per heavy atom. The number of hydrogen-bond acceptors (Lipinski definition) is 1. The molecule has 1 nitrogen and oxygen atoms in total. The van der Waals surface area contributed by atoms with Crippen molar-refractivity contribution >= 4 is 15.9 Å². The third-order valence-electron chi connectivity index (χ3n) is 1.44. The molecule has 1 unspecified atom stereocenters. The Balaban J connectivity index is 2.28. The zero-order valence-electron chi connectivity index (χ0n) is 4.41. The van der Waals surface area contributed by atoms with Crippen molar-refractivity contribution in [1.82, 2.24) is 0 Å². The molecule has 1 atom stereocenters. The topological polar surface area (TPSA) is 12.5 Å². The molecule has 0 radical (unpaired) electrons. The average Bonchev–Trinajstić information content (AvgIpc) is 2.46. The molecule has 1 aliphatic rings. The fourth-order valence-corrected chi connectivity index (χ4v) is 1.20. The zero-order chi connectivity index (χ0) is 5.33. The minimum Gasteiger partial charge on any atom is -0.369 e. The van der Waals surface area contributed by atoms with Crippen molar-refractivity contribution in [1.29, 1.82) is 0 Å². The summed E-state index contributed by atoms with van der Waals surface area (Å²) in [5.41, 5.74) is 0.250. The Labute approximate surface area is 52.2 Å². The molecule has 1 aliphatic heterocycles. The SMILES string of the molecule is CCC1(CBr)CO1. The summed E-state index contributed by atoms with van der Waals surface area (Å²) in [5.74, 6) is 0. The lowest BCUT2D eigenvalue weighted by molar-refractivity contribution is 0.323. The fraction of sp³-hybridized carbons (Fsp3) is 1.00. The first kappa shape index (κ1) is 5.57. The number of epoxide rings is 1. The summed E-state index contributed by atoms with van der Waals surface area (Å²) < 4.78 is 5.15. The fourth-order valence-electron chi connectivity index (χ4n) is 0.478. The highest BCUT2D eigenvalue weighted by atomic mass is 79.9. The van der Waals surface area contributed by atoms with Crippen LogP contribution in [-0.2, 0) is 4.74 Å². The minimum absolute atomic E-state index is 0.250. The van der Waals surface area contributed by atoms with Gasteiger partial charge in [-0.05, 0) is 6.42 Å². The molecule has 0 aromatic rings. The Hall–Kier alpha value is 0.440. The van der Waals surface area contributed by atoms with Crippen LogP contribution in [0.4, 0.5) is 0 Å². The van der Waals surface area contributed by atoms with E-state index in [4.69, 9.17) is 4.74 Å². The van der Waals surface area contributed by atoms with Gasteiger partial charge in [0.2, 0.25) is 0 Å². The molecule has 0 amide bonds. The first-order chi connectivity index (χ1) is 3.33. The number of halogens is 1.